The molecule has 0 spiro atoms. The summed E-state index contributed by atoms with van der Waals surface area (Å²) in [6.45, 7) is 2.88. The quantitative estimate of drug-likeness (QED) is 0.337. The van der Waals surface area contributed by atoms with Crippen molar-refractivity contribution in [1.29, 1.82) is 0 Å². The number of halogens is 1. The minimum atomic E-state index is -0.929. The largest absolute Gasteiger partial charge is 0.481 e. The first-order valence-corrected chi connectivity index (χ1v) is 13.7. The number of pyridine rings is 1. The Balaban J connectivity index is 1.46. The summed E-state index contributed by atoms with van der Waals surface area (Å²) in [5, 5.41) is 9.60. The van der Waals surface area contributed by atoms with Gasteiger partial charge in [0.05, 0.1) is 10.5 Å². The van der Waals surface area contributed by atoms with Crippen molar-refractivity contribution in [3.05, 3.63) is 74.5 Å². The monoisotopic (exact) mass is 569 g/mol. The molecule has 2 saturated heterocycles. The van der Waals surface area contributed by atoms with E-state index in [-0.39, 0.29) is 30.9 Å². The van der Waals surface area contributed by atoms with Crippen LogP contribution < -0.4 is 15.4 Å². The van der Waals surface area contributed by atoms with Crippen molar-refractivity contribution in [2.24, 2.45) is 0 Å². The van der Waals surface area contributed by atoms with Crippen molar-refractivity contribution in [1.82, 2.24) is 14.3 Å². The van der Waals surface area contributed by atoms with Crippen LogP contribution in [0.3, 0.4) is 0 Å². The Morgan fingerprint density at radius 3 is 2.61 bits per heavy atom. The Morgan fingerprint density at radius 1 is 1.11 bits per heavy atom. The van der Waals surface area contributed by atoms with E-state index in [9.17, 15) is 14.4 Å². The first-order valence-electron chi connectivity index (χ1n) is 12.1. The van der Waals surface area contributed by atoms with Gasteiger partial charge in [0.15, 0.2) is 0 Å². The van der Waals surface area contributed by atoms with Crippen molar-refractivity contribution in [3.63, 3.8) is 0 Å². The van der Waals surface area contributed by atoms with Crippen LogP contribution in [-0.2, 0) is 9.59 Å². The molecule has 0 atom stereocenters. The molecule has 3 aromatic rings. The molecule has 12 heteroatoms. The summed E-state index contributed by atoms with van der Waals surface area (Å²) < 4.78 is 1.81. The highest BCUT2D eigenvalue weighted by Gasteiger charge is 2.33. The molecule has 1 amide bonds. The number of thiocarbonyl (C=S) groups is 1. The third kappa shape index (κ3) is 5.40. The number of amides is 1. The van der Waals surface area contributed by atoms with Crippen LogP contribution in [0.5, 0.6) is 0 Å². The summed E-state index contributed by atoms with van der Waals surface area (Å²) in [5.74, 6) is -0.746. The molecule has 2 aliphatic rings. The maximum Gasteiger partial charge on any atom is 0.303 e. The lowest BCUT2D eigenvalue weighted by Crippen LogP contribution is -2.47. The highest BCUT2D eigenvalue weighted by Crippen LogP contribution is 2.34. The zero-order chi connectivity index (χ0) is 26.8. The highest BCUT2D eigenvalue weighted by atomic mass is 35.5. The molecule has 5 rings (SSSR count). The Labute approximate surface area is 233 Å². The van der Waals surface area contributed by atoms with Crippen molar-refractivity contribution in [2.45, 2.75) is 12.8 Å². The first-order chi connectivity index (χ1) is 18.3. The third-order valence-corrected chi connectivity index (χ3v) is 8.04. The van der Waals surface area contributed by atoms with E-state index in [1.807, 2.05) is 30.3 Å². The fourth-order valence-corrected chi connectivity index (χ4v) is 5.99. The second kappa shape index (κ2) is 11.1. The van der Waals surface area contributed by atoms with Crippen LogP contribution >= 0.6 is 35.6 Å². The number of thioether (sulfide) groups is 1. The van der Waals surface area contributed by atoms with Crippen molar-refractivity contribution < 1.29 is 14.7 Å². The number of hydrogen-bond donors (Lipinski definition) is 1. The van der Waals surface area contributed by atoms with Crippen LogP contribution in [0.2, 0.25) is 5.02 Å². The molecule has 1 N–H and O–H groups in total. The predicted octanol–water partition coefficient (Wildman–Crippen LogP) is 3.74. The zero-order valence-corrected chi connectivity index (χ0v) is 22.6. The molecule has 0 aliphatic carbocycles. The Kier molecular flexibility index (Phi) is 7.68. The molecule has 0 radical (unpaired) electrons. The molecule has 1 aromatic carbocycles. The van der Waals surface area contributed by atoms with Gasteiger partial charge in [0.25, 0.3) is 11.5 Å². The lowest BCUT2D eigenvalue weighted by atomic mass is 10.2. The van der Waals surface area contributed by atoms with E-state index in [1.54, 1.807) is 24.4 Å². The third-order valence-electron chi connectivity index (χ3n) is 6.42. The molecule has 9 nitrogen and oxygen atoms in total. The first kappa shape index (κ1) is 26.2. The second-order valence-corrected chi connectivity index (χ2v) is 11.0. The van der Waals surface area contributed by atoms with Gasteiger partial charge in [0.2, 0.25) is 0 Å². The normalized spacial score (nSPS) is 17.2. The molecule has 2 aromatic heterocycles. The van der Waals surface area contributed by atoms with E-state index in [0.29, 0.717) is 57.5 Å². The van der Waals surface area contributed by atoms with E-state index in [1.165, 1.54) is 9.30 Å². The van der Waals surface area contributed by atoms with Gasteiger partial charge < -0.3 is 14.9 Å². The zero-order valence-electron chi connectivity index (χ0n) is 20.2. The molecule has 0 saturated carbocycles. The summed E-state index contributed by atoms with van der Waals surface area (Å²) in [5.41, 5.74) is 1.59. The van der Waals surface area contributed by atoms with Gasteiger partial charge in [0, 0.05) is 56.1 Å². The van der Waals surface area contributed by atoms with Gasteiger partial charge in [-0.05, 0) is 42.8 Å². The van der Waals surface area contributed by atoms with Crippen LogP contribution in [0.15, 0.2) is 58.4 Å². The van der Waals surface area contributed by atoms with Gasteiger partial charge >= 0.3 is 5.97 Å². The number of carbonyl (C=O) groups is 2. The Morgan fingerprint density at radius 2 is 1.87 bits per heavy atom. The molecular weight excluding hydrogens is 546 g/mol. The highest BCUT2D eigenvalue weighted by molar-refractivity contribution is 8.26. The molecule has 2 fully saturated rings. The number of fused-ring (bicyclic) bond motifs is 1. The van der Waals surface area contributed by atoms with Gasteiger partial charge in [0.1, 0.15) is 15.8 Å². The number of piperazine rings is 1. The molecule has 38 heavy (non-hydrogen) atoms. The average Bonchev–Trinajstić information content (AvgIpc) is 3.17. The minimum Gasteiger partial charge on any atom is -0.481 e. The van der Waals surface area contributed by atoms with Gasteiger partial charge in [-0.3, -0.25) is 23.7 Å². The number of hydrogen-bond acceptors (Lipinski definition) is 8. The number of carbonyl (C=O) groups excluding carboxylic acids is 1. The van der Waals surface area contributed by atoms with Crippen molar-refractivity contribution in [3.8, 4) is 0 Å². The van der Waals surface area contributed by atoms with Gasteiger partial charge in [-0.1, -0.05) is 47.7 Å². The molecular formula is C26H24ClN5O4S2. The molecule has 0 unspecified atom stereocenters. The topological polar surface area (TPSA) is 98.5 Å². The van der Waals surface area contributed by atoms with E-state index >= 15 is 0 Å². The minimum absolute atomic E-state index is 0.0582. The standard InChI is InChI=1S/C26H24ClN5O4S2/c27-17-5-3-6-18(15-17)29-11-13-30(14-12-29)23-19(24(35)31-9-2-1-7-21(31)28-23)16-20-25(36)32(26(37)38-20)10-4-8-22(33)34/h1-3,5-7,9,15-16H,4,8,10-14H2,(H,33,34)/b20-16-. The van der Waals surface area contributed by atoms with E-state index < -0.39 is 5.97 Å². The lowest BCUT2D eigenvalue weighted by molar-refractivity contribution is -0.137. The van der Waals surface area contributed by atoms with E-state index in [0.717, 1.165) is 17.4 Å². The van der Waals surface area contributed by atoms with Crippen LogP contribution in [0, 0.1) is 0 Å². The van der Waals surface area contributed by atoms with E-state index in [2.05, 4.69) is 9.80 Å². The number of rotatable bonds is 7. The summed E-state index contributed by atoms with van der Waals surface area (Å²) in [7, 11) is 0. The fraction of sp³-hybridized carbons (Fsp3) is 0.269. The summed E-state index contributed by atoms with van der Waals surface area (Å²) in [4.78, 5) is 48.4. The van der Waals surface area contributed by atoms with Crippen molar-refractivity contribution in [2.75, 3.05) is 42.5 Å². The smallest absolute Gasteiger partial charge is 0.303 e. The SMILES string of the molecule is O=C(O)CCCN1C(=O)/C(=C/c2c(N3CCN(c4cccc(Cl)c4)CC3)nc3ccccn3c2=O)SC1=S. The predicted molar refractivity (Wildman–Crippen MR) is 154 cm³/mol. The number of carboxylic acids is 1. The molecule has 196 valence electrons. The number of anilines is 2. The molecule has 2 aliphatic heterocycles. The lowest BCUT2D eigenvalue weighted by Gasteiger charge is -2.37. The maximum absolute atomic E-state index is 13.6. The summed E-state index contributed by atoms with van der Waals surface area (Å²) in [6, 6.07) is 13.1. The van der Waals surface area contributed by atoms with E-state index in [4.69, 9.17) is 33.9 Å². The molecule has 4 heterocycles. The maximum atomic E-state index is 13.6. The van der Waals surface area contributed by atoms with Crippen LogP contribution in [0.1, 0.15) is 18.4 Å². The number of nitrogens with zero attached hydrogens (tertiary/aromatic N) is 5. The van der Waals surface area contributed by atoms with Gasteiger partial charge in [-0.15, -0.1) is 0 Å². The number of aromatic nitrogens is 2. The Hall–Kier alpha value is -3.41. The number of carboxylic acid groups (broad SMARTS) is 1. The average molecular weight is 570 g/mol. The van der Waals surface area contributed by atoms with Crippen molar-refractivity contribution >= 4 is 75.0 Å². The van der Waals surface area contributed by atoms with Crippen LogP contribution in [-0.4, -0.2) is 68.3 Å². The Bertz CT molecular complexity index is 1520. The van der Waals surface area contributed by atoms with Gasteiger partial charge in [-0.2, -0.15) is 0 Å². The summed E-state index contributed by atoms with van der Waals surface area (Å²) >= 11 is 12.7. The number of benzene rings is 1. The summed E-state index contributed by atoms with van der Waals surface area (Å²) in [6.07, 6.45) is 3.46. The fourth-order valence-electron chi connectivity index (χ4n) is 4.52. The second-order valence-electron chi connectivity index (χ2n) is 8.87. The molecule has 0 bridgehead atoms. The number of aliphatic carboxylic acids is 1. The van der Waals surface area contributed by atoms with Crippen LogP contribution in [0.25, 0.3) is 11.7 Å². The van der Waals surface area contributed by atoms with Gasteiger partial charge in [-0.25, -0.2) is 4.98 Å². The van der Waals surface area contributed by atoms with Crippen LogP contribution in [0.4, 0.5) is 11.5 Å².